The smallest absolute Gasteiger partial charge is 0.407 e. The molecule has 0 radical (unpaired) electrons. The molecular weight excluding hydrogens is 300 g/mol. The van der Waals surface area contributed by atoms with E-state index in [9.17, 15) is 4.79 Å². The number of nitrogens with one attached hydrogen (secondary N) is 2. The summed E-state index contributed by atoms with van der Waals surface area (Å²) >= 11 is 6.96. The van der Waals surface area contributed by atoms with Crippen LogP contribution in [0.4, 0.5) is 9.93 Å². The molecule has 1 heterocycles. The molecule has 0 saturated carbocycles. The van der Waals surface area contributed by atoms with Gasteiger partial charge in [0.05, 0.1) is 0 Å². The number of thiazole rings is 1. The first kappa shape index (κ1) is 16.5. The minimum absolute atomic E-state index is 0.215. The monoisotopic (exact) mass is 316 g/mol. The molecule has 0 spiro atoms. The number of rotatable bonds is 5. The number of halogens is 1. The predicted octanol–water partition coefficient (Wildman–Crippen LogP) is 2.99. The highest BCUT2D eigenvalue weighted by atomic mass is 35.5. The first-order valence-corrected chi connectivity index (χ1v) is 7.28. The molecule has 0 aliphatic carbocycles. The van der Waals surface area contributed by atoms with Crippen molar-refractivity contribution in [3.8, 4) is 6.07 Å². The van der Waals surface area contributed by atoms with E-state index in [1.54, 1.807) is 0 Å². The molecule has 110 valence electrons. The van der Waals surface area contributed by atoms with Crippen LogP contribution in [0.2, 0.25) is 5.15 Å². The van der Waals surface area contributed by atoms with E-state index in [0.717, 1.165) is 0 Å². The van der Waals surface area contributed by atoms with E-state index < -0.39 is 11.7 Å². The van der Waals surface area contributed by atoms with Crippen LogP contribution < -0.4 is 10.6 Å². The fourth-order valence-electron chi connectivity index (χ4n) is 1.23. The summed E-state index contributed by atoms with van der Waals surface area (Å²) < 4.78 is 5.10. The van der Waals surface area contributed by atoms with Crippen LogP contribution in [-0.2, 0) is 4.74 Å². The average Bonchev–Trinajstić information content (AvgIpc) is 2.67. The van der Waals surface area contributed by atoms with Crippen molar-refractivity contribution >= 4 is 34.2 Å². The Hall–Kier alpha value is -1.52. The fourth-order valence-corrected chi connectivity index (χ4v) is 2.21. The first-order chi connectivity index (χ1) is 9.31. The van der Waals surface area contributed by atoms with Crippen molar-refractivity contribution in [3.05, 3.63) is 10.0 Å². The van der Waals surface area contributed by atoms with Crippen molar-refractivity contribution in [1.82, 2.24) is 10.3 Å². The summed E-state index contributed by atoms with van der Waals surface area (Å²) in [5, 5.41) is 15.3. The van der Waals surface area contributed by atoms with Crippen LogP contribution in [0.3, 0.4) is 0 Å². The van der Waals surface area contributed by atoms with Gasteiger partial charge in [0, 0.05) is 13.1 Å². The SMILES string of the molecule is CC(C)(C)OC(=O)NCCCNc1nc(Cl)c(C#N)s1. The molecular formula is C12H17ClN4O2S. The molecule has 0 saturated heterocycles. The van der Waals surface area contributed by atoms with Crippen LogP contribution in [0, 0.1) is 11.3 Å². The summed E-state index contributed by atoms with van der Waals surface area (Å²) in [5.41, 5.74) is -0.492. The van der Waals surface area contributed by atoms with Gasteiger partial charge in [-0.05, 0) is 27.2 Å². The minimum atomic E-state index is -0.492. The average molecular weight is 317 g/mol. The number of nitriles is 1. The Kier molecular flexibility index (Phi) is 6.05. The largest absolute Gasteiger partial charge is 0.444 e. The summed E-state index contributed by atoms with van der Waals surface area (Å²) in [7, 11) is 0. The Morgan fingerprint density at radius 3 is 2.75 bits per heavy atom. The van der Waals surface area contributed by atoms with Gasteiger partial charge < -0.3 is 15.4 Å². The maximum atomic E-state index is 11.4. The van der Waals surface area contributed by atoms with E-state index in [2.05, 4.69) is 15.6 Å². The Bertz CT molecular complexity index is 505. The van der Waals surface area contributed by atoms with Crippen LogP contribution in [-0.4, -0.2) is 29.8 Å². The Balaban J connectivity index is 2.19. The number of hydrogen-bond acceptors (Lipinski definition) is 6. The van der Waals surface area contributed by atoms with E-state index in [-0.39, 0.29) is 5.15 Å². The summed E-state index contributed by atoms with van der Waals surface area (Å²) in [4.78, 5) is 15.8. The lowest BCUT2D eigenvalue weighted by atomic mass is 10.2. The topological polar surface area (TPSA) is 87.0 Å². The lowest BCUT2D eigenvalue weighted by molar-refractivity contribution is 0.0528. The molecule has 8 heteroatoms. The van der Waals surface area contributed by atoms with E-state index >= 15 is 0 Å². The molecule has 1 amide bonds. The second kappa shape index (κ2) is 7.31. The maximum absolute atomic E-state index is 11.4. The molecule has 1 aromatic rings. The van der Waals surface area contributed by atoms with Gasteiger partial charge in [-0.15, -0.1) is 0 Å². The van der Waals surface area contributed by atoms with Crippen molar-refractivity contribution in [2.45, 2.75) is 32.8 Å². The van der Waals surface area contributed by atoms with Crippen LogP contribution in [0.5, 0.6) is 0 Å². The van der Waals surface area contributed by atoms with Crippen LogP contribution >= 0.6 is 22.9 Å². The minimum Gasteiger partial charge on any atom is -0.444 e. The summed E-state index contributed by atoms with van der Waals surface area (Å²) in [5.74, 6) is 0. The van der Waals surface area contributed by atoms with Gasteiger partial charge in [0.2, 0.25) is 0 Å². The maximum Gasteiger partial charge on any atom is 0.407 e. The van der Waals surface area contributed by atoms with Crippen molar-refractivity contribution in [1.29, 1.82) is 5.26 Å². The molecule has 0 atom stereocenters. The number of carbonyl (C=O) groups is 1. The highest BCUT2D eigenvalue weighted by Crippen LogP contribution is 2.25. The molecule has 1 aromatic heterocycles. The van der Waals surface area contributed by atoms with Crippen molar-refractivity contribution in [2.75, 3.05) is 18.4 Å². The Morgan fingerprint density at radius 2 is 2.20 bits per heavy atom. The molecule has 6 nitrogen and oxygen atoms in total. The molecule has 0 bridgehead atoms. The number of nitrogens with zero attached hydrogens (tertiary/aromatic N) is 2. The zero-order valence-corrected chi connectivity index (χ0v) is 13.2. The summed E-state index contributed by atoms with van der Waals surface area (Å²) in [6.07, 6.45) is 0.278. The highest BCUT2D eigenvalue weighted by Gasteiger charge is 2.15. The predicted molar refractivity (Wildman–Crippen MR) is 79.2 cm³/mol. The van der Waals surface area contributed by atoms with Gasteiger partial charge in [0.25, 0.3) is 0 Å². The molecule has 1 rings (SSSR count). The van der Waals surface area contributed by atoms with Crippen molar-refractivity contribution in [2.24, 2.45) is 0 Å². The van der Waals surface area contributed by atoms with Crippen LogP contribution in [0.15, 0.2) is 0 Å². The van der Waals surface area contributed by atoms with Gasteiger partial charge in [-0.25, -0.2) is 9.78 Å². The van der Waals surface area contributed by atoms with Crippen LogP contribution in [0.25, 0.3) is 0 Å². The zero-order valence-electron chi connectivity index (χ0n) is 11.6. The number of aromatic nitrogens is 1. The number of ether oxygens (including phenoxy) is 1. The van der Waals surface area contributed by atoms with Crippen molar-refractivity contribution < 1.29 is 9.53 Å². The second-order valence-electron chi connectivity index (χ2n) is 4.96. The molecule has 0 aliphatic rings. The third-order valence-corrected chi connectivity index (χ3v) is 3.29. The van der Waals surface area contributed by atoms with Gasteiger partial charge >= 0.3 is 6.09 Å². The Labute approximate surface area is 127 Å². The van der Waals surface area contributed by atoms with Crippen LogP contribution in [0.1, 0.15) is 32.1 Å². The molecule has 2 N–H and O–H groups in total. The van der Waals surface area contributed by atoms with E-state index in [0.29, 0.717) is 29.5 Å². The Morgan fingerprint density at radius 1 is 1.50 bits per heavy atom. The third kappa shape index (κ3) is 6.08. The lowest BCUT2D eigenvalue weighted by Gasteiger charge is -2.19. The molecule has 0 unspecified atom stereocenters. The number of amides is 1. The van der Waals surface area contributed by atoms with Gasteiger partial charge in [-0.2, -0.15) is 5.26 Å². The van der Waals surface area contributed by atoms with Gasteiger partial charge in [0.15, 0.2) is 10.3 Å². The normalized spacial score (nSPS) is 10.8. The third-order valence-electron chi connectivity index (χ3n) is 1.99. The lowest BCUT2D eigenvalue weighted by Crippen LogP contribution is -2.33. The number of alkyl carbamates (subject to hydrolysis) is 1. The first-order valence-electron chi connectivity index (χ1n) is 6.09. The highest BCUT2D eigenvalue weighted by molar-refractivity contribution is 7.16. The van der Waals surface area contributed by atoms with Crippen molar-refractivity contribution in [3.63, 3.8) is 0 Å². The number of carbonyl (C=O) groups excluding carboxylic acids is 1. The number of anilines is 1. The summed E-state index contributed by atoms with van der Waals surface area (Å²) in [6, 6.07) is 1.96. The standard InChI is InChI=1S/C12H17ClN4O2S/c1-12(2,3)19-11(18)16-6-4-5-15-10-17-9(13)8(7-14)20-10/h4-6H2,1-3H3,(H,15,17)(H,16,18). The molecule has 0 aliphatic heterocycles. The second-order valence-corrected chi connectivity index (χ2v) is 6.32. The van der Waals surface area contributed by atoms with E-state index in [4.69, 9.17) is 21.6 Å². The van der Waals surface area contributed by atoms with E-state index in [1.807, 2.05) is 26.8 Å². The fraction of sp³-hybridized carbons (Fsp3) is 0.583. The molecule has 20 heavy (non-hydrogen) atoms. The molecule has 0 aromatic carbocycles. The van der Waals surface area contributed by atoms with Gasteiger partial charge in [-0.1, -0.05) is 22.9 Å². The quantitative estimate of drug-likeness (QED) is 0.815. The zero-order chi connectivity index (χ0) is 15.2. The molecule has 0 fully saturated rings. The van der Waals surface area contributed by atoms with E-state index in [1.165, 1.54) is 11.3 Å². The van der Waals surface area contributed by atoms with Gasteiger partial charge in [-0.3, -0.25) is 0 Å². The van der Waals surface area contributed by atoms with Gasteiger partial charge in [0.1, 0.15) is 16.5 Å². The number of hydrogen-bond donors (Lipinski definition) is 2. The summed E-state index contributed by atoms with van der Waals surface area (Å²) in [6.45, 7) is 6.55.